The molecule has 0 atom stereocenters. The van der Waals surface area contributed by atoms with Gasteiger partial charge in [-0.05, 0) is 60.7 Å². The van der Waals surface area contributed by atoms with Crippen LogP contribution >= 0.6 is 23.2 Å². The number of hydrogen-bond acceptors (Lipinski definition) is 7. The van der Waals surface area contributed by atoms with Crippen molar-refractivity contribution in [3.8, 4) is 11.5 Å². The SMILES string of the molecule is CCOc1ccc(Cl)cc1NC(=O)c1cc2ccccc2c(N=Nc2c(S(=O)(=O)O)ccc(Cl)c2CC)c1[O-].[Na+]. The monoisotopic (exact) mass is 609 g/mol. The summed E-state index contributed by atoms with van der Waals surface area (Å²) in [5, 5.41) is 25.8. The molecule has 0 radical (unpaired) electrons. The number of azo groups is 1. The molecule has 40 heavy (non-hydrogen) atoms. The van der Waals surface area contributed by atoms with Crippen LogP contribution in [0.25, 0.3) is 10.8 Å². The molecule has 13 heteroatoms. The zero-order valence-corrected chi connectivity index (χ0v) is 26.1. The number of fused-ring (bicyclic) bond motifs is 1. The molecule has 202 valence electrons. The maximum absolute atomic E-state index is 13.6. The standard InChI is InChI=1S/C27H23Cl2N3O6S.Na/c1-3-17-20(29)10-12-23(39(35,36)37)24(17)31-32-25-18-8-6-5-7-15(18)13-19(26(25)33)27(34)30-21-14-16(28)9-11-22(21)38-4-2;/h5-14,33H,3-4H2,1-2H3,(H,30,34)(H,35,36,37);/q;+1/p-1. The van der Waals surface area contributed by atoms with Crippen LogP contribution in [0.1, 0.15) is 29.8 Å². The number of ether oxygens (including phenoxy) is 1. The molecule has 0 spiro atoms. The van der Waals surface area contributed by atoms with Gasteiger partial charge < -0.3 is 15.2 Å². The Morgan fingerprint density at radius 2 is 1.73 bits per heavy atom. The molecule has 0 bridgehead atoms. The summed E-state index contributed by atoms with van der Waals surface area (Å²) in [7, 11) is -4.69. The summed E-state index contributed by atoms with van der Waals surface area (Å²) in [6, 6.07) is 15.3. The maximum Gasteiger partial charge on any atom is 1.00 e. The number of halogens is 2. The van der Waals surface area contributed by atoms with Crippen LogP contribution in [0.2, 0.25) is 10.0 Å². The molecule has 0 heterocycles. The molecular formula is C27H22Cl2N3NaO6S. The maximum atomic E-state index is 13.6. The number of rotatable bonds is 8. The Balaban J connectivity index is 0.00000441. The van der Waals surface area contributed by atoms with Crippen LogP contribution in [0.15, 0.2) is 75.8 Å². The second kappa shape index (κ2) is 13.3. The van der Waals surface area contributed by atoms with Gasteiger partial charge >= 0.3 is 29.6 Å². The Morgan fingerprint density at radius 1 is 1.02 bits per heavy atom. The third kappa shape index (κ3) is 6.77. The van der Waals surface area contributed by atoms with Gasteiger partial charge in [0.1, 0.15) is 16.3 Å². The smallest absolute Gasteiger partial charge is 0.870 e. The quantitative estimate of drug-likeness (QED) is 0.175. The molecule has 0 unspecified atom stereocenters. The Kier molecular flexibility index (Phi) is 10.6. The third-order valence-electron chi connectivity index (χ3n) is 5.78. The summed E-state index contributed by atoms with van der Waals surface area (Å²) in [6.07, 6.45) is 0.270. The first-order valence-electron chi connectivity index (χ1n) is 11.7. The number of anilines is 1. The number of carbonyl (C=O) groups is 1. The molecule has 1 amide bonds. The Labute approximate surface area is 263 Å². The second-order valence-electron chi connectivity index (χ2n) is 8.25. The molecule has 9 nitrogen and oxygen atoms in total. The van der Waals surface area contributed by atoms with Crippen molar-refractivity contribution in [3.05, 3.63) is 81.8 Å². The van der Waals surface area contributed by atoms with E-state index < -0.39 is 26.7 Å². The first-order chi connectivity index (χ1) is 18.5. The van der Waals surface area contributed by atoms with Crippen LogP contribution in [-0.4, -0.2) is 25.5 Å². The van der Waals surface area contributed by atoms with Crippen LogP contribution in [0.3, 0.4) is 0 Å². The zero-order valence-electron chi connectivity index (χ0n) is 21.7. The van der Waals surface area contributed by atoms with Crippen molar-refractivity contribution in [2.24, 2.45) is 10.2 Å². The molecule has 0 aliphatic heterocycles. The number of benzene rings is 4. The van der Waals surface area contributed by atoms with E-state index in [2.05, 4.69) is 15.5 Å². The number of carbonyl (C=O) groups excluding carboxylic acids is 1. The molecule has 0 aliphatic rings. The molecule has 2 N–H and O–H groups in total. The zero-order chi connectivity index (χ0) is 28.3. The van der Waals surface area contributed by atoms with Gasteiger partial charge in [-0.2, -0.15) is 13.5 Å². The number of nitrogens with one attached hydrogen (secondary N) is 1. The van der Waals surface area contributed by atoms with E-state index >= 15 is 0 Å². The van der Waals surface area contributed by atoms with E-state index in [1.54, 1.807) is 50.2 Å². The molecule has 0 aliphatic carbocycles. The number of hydrogen-bond donors (Lipinski definition) is 2. The van der Waals surface area contributed by atoms with Crippen molar-refractivity contribution >= 4 is 67.1 Å². The normalized spacial score (nSPS) is 11.4. The number of amides is 1. The fourth-order valence-corrected chi connectivity index (χ4v) is 5.10. The Hall–Kier alpha value is -2.70. The minimum absolute atomic E-state index is 0. The van der Waals surface area contributed by atoms with Crippen molar-refractivity contribution in [1.82, 2.24) is 0 Å². The van der Waals surface area contributed by atoms with Crippen LogP contribution in [0.5, 0.6) is 11.5 Å². The molecule has 4 aromatic carbocycles. The van der Waals surface area contributed by atoms with Gasteiger partial charge in [-0.15, -0.1) is 5.11 Å². The summed E-state index contributed by atoms with van der Waals surface area (Å²) < 4.78 is 39.3. The van der Waals surface area contributed by atoms with Gasteiger partial charge in [-0.1, -0.05) is 60.1 Å². The van der Waals surface area contributed by atoms with Crippen molar-refractivity contribution in [2.45, 2.75) is 25.2 Å². The van der Waals surface area contributed by atoms with E-state index in [-0.39, 0.29) is 63.6 Å². The van der Waals surface area contributed by atoms with Crippen molar-refractivity contribution < 1.29 is 57.2 Å². The molecule has 4 rings (SSSR count). The van der Waals surface area contributed by atoms with E-state index in [9.17, 15) is 22.9 Å². The summed E-state index contributed by atoms with van der Waals surface area (Å²) in [5.41, 5.74) is -0.0503. The van der Waals surface area contributed by atoms with Gasteiger partial charge in [0.15, 0.2) is 0 Å². The van der Waals surface area contributed by atoms with Gasteiger partial charge in [0, 0.05) is 21.0 Å². The van der Waals surface area contributed by atoms with Gasteiger partial charge in [0.25, 0.3) is 16.0 Å². The first kappa shape index (κ1) is 31.8. The van der Waals surface area contributed by atoms with E-state index in [1.165, 1.54) is 18.2 Å². The van der Waals surface area contributed by atoms with Crippen LogP contribution in [-0.2, 0) is 16.5 Å². The van der Waals surface area contributed by atoms with Crippen molar-refractivity contribution in [2.75, 3.05) is 11.9 Å². The third-order valence-corrected chi connectivity index (χ3v) is 7.25. The second-order valence-corrected chi connectivity index (χ2v) is 10.5. The minimum Gasteiger partial charge on any atom is -0.870 e. The fraction of sp³-hybridized carbons (Fsp3) is 0.148. The summed E-state index contributed by atoms with van der Waals surface area (Å²) >= 11 is 12.3. The Bertz CT molecular complexity index is 1730. The van der Waals surface area contributed by atoms with E-state index in [4.69, 9.17) is 27.9 Å². The van der Waals surface area contributed by atoms with Crippen LogP contribution in [0.4, 0.5) is 17.1 Å². The molecule has 0 saturated heterocycles. The van der Waals surface area contributed by atoms with E-state index in [1.807, 2.05) is 0 Å². The Morgan fingerprint density at radius 3 is 2.40 bits per heavy atom. The number of nitrogens with zero attached hydrogens (tertiary/aromatic N) is 2. The largest absolute Gasteiger partial charge is 1.00 e. The van der Waals surface area contributed by atoms with Gasteiger partial charge in [0.05, 0.1) is 18.0 Å². The fourth-order valence-electron chi connectivity index (χ4n) is 3.99. The molecule has 0 aromatic heterocycles. The van der Waals surface area contributed by atoms with Gasteiger partial charge in [0.2, 0.25) is 0 Å². The first-order valence-corrected chi connectivity index (χ1v) is 13.9. The predicted molar refractivity (Wildman–Crippen MR) is 149 cm³/mol. The summed E-state index contributed by atoms with van der Waals surface area (Å²) in [5.74, 6) is -1.11. The summed E-state index contributed by atoms with van der Waals surface area (Å²) in [4.78, 5) is 12.8. The van der Waals surface area contributed by atoms with Crippen molar-refractivity contribution in [1.29, 1.82) is 0 Å². The van der Waals surface area contributed by atoms with Crippen molar-refractivity contribution in [3.63, 3.8) is 0 Å². The van der Waals surface area contributed by atoms with Gasteiger partial charge in [-0.3, -0.25) is 9.35 Å². The molecule has 0 saturated carbocycles. The van der Waals surface area contributed by atoms with Crippen LogP contribution in [0, 0.1) is 0 Å². The molecule has 0 fully saturated rings. The average Bonchev–Trinajstić information content (AvgIpc) is 2.88. The topological polar surface area (TPSA) is 140 Å². The predicted octanol–water partition coefficient (Wildman–Crippen LogP) is 4.10. The van der Waals surface area contributed by atoms with Gasteiger partial charge in [-0.25, -0.2) is 0 Å². The van der Waals surface area contributed by atoms with E-state index in [0.29, 0.717) is 33.7 Å². The molecule has 4 aromatic rings. The van der Waals surface area contributed by atoms with E-state index in [0.717, 1.165) is 6.07 Å². The minimum atomic E-state index is -4.69. The summed E-state index contributed by atoms with van der Waals surface area (Å²) in [6.45, 7) is 3.85. The molecular weight excluding hydrogens is 588 g/mol. The van der Waals surface area contributed by atoms with Crippen LogP contribution < -0.4 is 44.7 Å². The average molecular weight is 610 g/mol.